The van der Waals surface area contributed by atoms with Gasteiger partial charge in [0.2, 0.25) is 0 Å². The maximum Gasteiger partial charge on any atom is -0.0297 e. The molecule has 0 radical (unpaired) electrons. The van der Waals surface area contributed by atoms with E-state index in [9.17, 15) is 0 Å². The van der Waals surface area contributed by atoms with E-state index in [2.05, 4.69) is 242 Å². The largest absolute Gasteiger partial charge is 0.0651 e. The van der Waals surface area contributed by atoms with Crippen molar-refractivity contribution < 1.29 is 0 Å². The van der Waals surface area contributed by atoms with Crippen LogP contribution in [0.3, 0.4) is 0 Å². The molecule has 13 aliphatic carbocycles. The van der Waals surface area contributed by atoms with Gasteiger partial charge in [-0.3, -0.25) is 0 Å². The molecule has 0 nitrogen and oxygen atoms in total. The Labute approximate surface area is 624 Å². The van der Waals surface area contributed by atoms with Crippen LogP contribution >= 0.6 is 0 Å². The molecule has 0 heterocycles. The lowest BCUT2D eigenvalue weighted by atomic mass is 9.60. The van der Waals surface area contributed by atoms with E-state index < -0.39 is 0 Å². The Balaban J connectivity index is 0.000000364. The Morgan fingerprint density at radius 1 is 0.316 bits per heavy atom. The third-order valence-electron chi connectivity index (χ3n) is 33.3. The van der Waals surface area contributed by atoms with Crippen molar-refractivity contribution >= 4 is 0 Å². The lowest BCUT2D eigenvalue weighted by Crippen LogP contribution is -2.39. The van der Waals surface area contributed by atoms with Crippen LogP contribution in [-0.2, 0) is 0 Å². The van der Waals surface area contributed by atoms with Crippen LogP contribution < -0.4 is 0 Å². The van der Waals surface area contributed by atoms with Gasteiger partial charge in [-0.1, -0.05) is 339 Å². The van der Waals surface area contributed by atoms with Gasteiger partial charge in [0.1, 0.15) is 0 Å². The minimum Gasteiger partial charge on any atom is -0.0651 e. The third kappa shape index (κ3) is 33.4. The molecule has 13 aliphatic rings. The summed E-state index contributed by atoms with van der Waals surface area (Å²) in [4.78, 5) is 0. The summed E-state index contributed by atoms with van der Waals surface area (Å²) in [6, 6.07) is 0. The highest BCUT2D eigenvalue weighted by atomic mass is 14.5. The smallest absolute Gasteiger partial charge is 0.0297 e. The maximum absolute atomic E-state index is 2.48. The molecule has 17 atom stereocenters. The minimum atomic E-state index is 0.595. The molecule has 0 amide bonds. The van der Waals surface area contributed by atoms with Gasteiger partial charge in [0.05, 0.1) is 0 Å². The molecule has 0 aromatic rings. The SMILES string of the molecule is CC(C)(C)C1CCC1.CC1C(C)C(C)C1C.CC1CC(C(C)C)C1.CC1CC(C)C(C)C1.CC1CC(C)[C@@H](C)C1.CC1CCC(C)(C)C1.CC1CCC(C)C1C.CC1CCC(C)C1C.CC1CCCC(C)C1C.CC1CCCC1(C)C.CCC(C)C1CCC1.C[C@H]1CC2CCC1(C)C2. The second kappa shape index (κ2) is 45.0. The minimum absolute atomic E-state index is 0.595. The number of hydrogen-bond donors (Lipinski definition) is 0. The monoisotopic (exact) mass is 1370 g/mol. The van der Waals surface area contributed by atoms with Crippen molar-refractivity contribution in [3.05, 3.63) is 0 Å². The molecular weight excluding hydrogens is 1180 g/mol. The molecule has 0 saturated heterocycles. The van der Waals surface area contributed by atoms with Gasteiger partial charge in [-0.05, 0) is 290 Å². The molecule has 13 fully saturated rings. The van der Waals surface area contributed by atoms with Gasteiger partial charge in [0.25, 0.3) is 0 Å². The highest BCUT2D eigenvalue weighted by Gasteiger charge is 2.46. The van der Waals surface area contributed by atoms with E-state index >= 15 is 0 Å². The zero-order chi connectivity index (χ0) is 75.0. The highest BCUT2D eigenvalue weighted by molar-refractivity contribution is 4.97. The van der Waals surface area contributed by atoms with Crippen LogP contribution in [0.25, 0.3) is 0 Å². The molecule has 13 rings (SSSR count). The van der Waals surface area contributed by atoms with Gasteiger partial charge in [-0.2, -0.15) is 0 Å². The van der Waals surface area contributed by atoms with Crippen molar-refractivity contribution in [3.8, 4) is 0 Å². The molecule has 0 aromatic heterocycles. The van der Waals surface area contributed by atoms with E-state index in [0.717, 1.165) is 177 Å². The average Bonchev–Trinajstić information content (AvgIpc) is 1.46. The van der Waals surface area contributed by atoms with Gasteiger partial charge in [0.15, 0.2) is 0 Å². The molecule has 586 valence electrons. The molecule has 13 saturated carbocycles. The van der Waals surface area contributed by atoms with Crippen LogP contribution in [0.4, 0.5) is 0 Å². The summed E-state index contributed by atoms with van der Waals surface area (Å²) in [7, 11) is 0. The first-order valence-electron chi connectivity index (χ1n) is 45.3. The quantitative estimate of drug-likeness (QED) is 0.264. The van der Waals surface area contributed by atoms with Crippen LogP contribution in [-0.4, -0.2) is 0 Å². The van der Waals surface area contributed by atoms with Gasteiger partial charge < -0.3 is 0 Å². The topological polar surface area (TPSA) is 0 Å². The molecule has 2 bridgehead atoms. The van der Waals surface area contributed by atoms with E-state index in [4.69, 9.17) is 0 Å². The van der Waals surface area contributed by atoms with Crippen molar-refractivity contribution in [2.75, 3.05) is 0 Å². The summed E-state index contributed by atoms with van der Waals surface area (Å²) in [6.07, 6.45) is 44.1. The third-order valence-corrected chi connectivity index (χ3v) is 33.3. The molecule has 15 unspecified atom stereocenters. The van der Waals surface area contributed by atoms with E-state index in [1.54, 1.807) is 0 Å². The fourth-order valence-electron chi connectivity index (χ4n) is 20.7. The van der Waals surface area contributed by atoms with Gasteiger partial charge >= 0.3 is 0 Å². The fraction of sp³-hybridized carbons (Fsp3) is 1.00. The van der Waals surface area contributed by atoms with E-state index in [1.807, 2.05) is 0 Å². The predicted molar refractivity (Wildman–Crippen MR) is 448 cm³/mol. The van der Waals surface area contributed by atoms with E-state index in [-0.39, 0.29) is 0 Å². The molecule has 0 aromatic carbocycles. The van der Waals surface area contributed by atoms with Crippen molar-refractivity contribution in [2.45, 2.75) is 435 Å². The molecule has 0 heteroatoms. The Morgan fingerprint density at radius 3 is 0.806 bits per heavy atom. The molecule has 0 aliphatic heterocycles. The van der Waals surface area contributed by atoms with Crippen molar-refractivity contribution in [3.63, 3.8) is 0 Å². The normalized spacial score (nSPS) is 42.2. The summed E-state index contributed by atoms with van der Waals surface area (Å²) in [5.74, 6) is 29.0. The highest BCUT2D eigenvalue weighted by Crippen LogP contribution is 2.57. The van der Waals surface area contributed by atoms with Crippen LogP contribution in [0.15, 0.2) is 0 Å². The Bertz CT molecular complexity index is 1830. The van der Waals surface area contributed by atoms with Crippen molar-refractivity contribution in [2.24, 2.45) is 193 Å². The molecule has 0 spiro atoms. The van der Waals surface area contributed by atoms with Crippen molar-refractivity contribution in [1.82, 2.24) is 0 Å². The lowest BCUT2D eigenvalue weighted by Gasteiger charge is -2.45. The maximum atomic E-state index is 2.48. The van der Waals surface area contributed by atoms with Crippen LogP contribution in [0, 0.1) is 193 Å². The molecule has 0 N–H and O–H groups in total. The summed E-state index contributed by atoms with van der Waals surface area (Å²) in [5.41, 5.74) is 2.68. The van der Waals surface area contributed by atoms with Crippen LogP contribution in [0.2, 0.25) is 0 Å². The van der Waals surface area contributed by atoms with Crippen LogP contribution in [0.1, 0.15) is 435 Å². The second-order valence-electron chi connectivity index (χ2n) is 43.9. The number of rotatable bonds is 3. The summed E-state index contributed by atoms with van der Waals surface area (Å²) < 4.78 is 0. The van der Waals surface area contributed by atoms with Gasteiger partial charge in [-0.25, -0.2) is 0 Å². The second-order valence-corrected chi connectivity index (χ2v) is 43.9. The van der Waals surface area contributed by atoms with Gasteiger partial charge in [0, 0.05) is 0 Å². The Hall–Kier alpha value is 0. The predicted octanol–water partition coefficient (Wildman–Crippen LogP) is 33.2. The fourth-order valence-corrected chi connectivity index (χ4v) is 20.7. The summed E-state index contributed by atoms with van der Waals surface area (Å²) >= 11 is 0. The number of hydrogen-bond acceptors (Lipinski definition) is 0. The lowest BCUT2D eigenvalue weighted by molar-refractivity contribution is 0.0302. The first-order valence-corrected chi connectivity index (χ1v) is 45.3. The number of fused-ring (bicyclic) bond motifs is 2. The Kier molecular flexibility index (Phi) is 43.2. The van der Waals surface area contributed by atoms with Gasteiger partial charge in [-0.15, -0.1) is 0 Å². The molecule has 98 heavy (non-hydrogen) atoms. The van der Waals surface area contributed by atoms with E-state index in [1.165, 1.54) is 193 Å². The average molecular weight is 1370 g/mol. The van der Waals surface area contributed by atoms with E-state index in [0.29, 0.717) is 16.2 Å². The summed E-state index contributed by atoms with van der Waals surface area (Å²) in [6.45, 7) is 82.9. The first-order chi connectivity index (χ1) is 45.3. The molecular formula is C98H194. The zero-order valence-corrected chi connectivity index (χ0v) is 75.0. The standard InChI is InChI=1S/C9H16.C9H18.10C8H16/c1-7-5-8-3-4-9(7,2)6-8;1-7-5-4-6-8(2)9(7)3;2*1-6-4-7(2)8(3)5-6;1-6(2)8-4-7(3)5-8;1-7-4-5-8(2,3)6-7;1-8(2,3)7-5-4-6-7;1-7-5-4-6-8(7,2)3;2*1-6-4-5-7(2)8(6)3;1-5-6(2)8(4)7(5)3;1-3-7(2)8-5-4-6-8/h7-8H,3-6H2,1-2H3;7-9H,4-6H2,1-3H3;3*6-8H,4-5H2,1-3H3;3*7H,4-6H2,1-3H3;2*6-8H,4-5H2,1-3H3;5-8H,1-4H3;7-8H,3-6H2,1-2H3/t7-,8?,9?;;6?,7-,8?;;;;;;;;;/m0.0........./s1. The van der Waals surface area contributed by atoms with Crippen LogP contribution in [0.5, 0.6) is 0 Å². The van der Waals surface area contributed by atoms with Crippen molar-refractivity contribution in [1.29, 1.82) is 0 Å². The zero-order valence-electron chi connectivity index (χ0n) is 75.0. The first kappa shape index (κ1) is 94.1. The summed E-state index contributed by atoms with van der Waals surface area (Å²) in [5, 5.41) is 0. The Morgan fingerprint density at radius 2 is 0.684 bits per heavy atom.